The molecule has 0 N–H and O–H groups in total. The van der Waals surface area contributed by atoms with Crippen molar-refractivity contribution in [2.24, 2.45) is 0 Å². The zero-order valence-electron chi connectivity index (χ0n) is 14.5. The number of aryl methyl sites for hydroxylation is 1. The van der Waals surface area contributed by atoms with E-state index in [9.17, 15) is 9.59 Å². The molecule has 1 saturated heterocycles. The number of anilines is 2. The maximum atomic E-state index is 12.5. The largest absolute Gasteiger partial charge is 0.444 e. The highest BCUT2D eigenvalue weighted by Gasteiger charge is 2.48. The van der Waals surface area contributed by atoms with Crippen LogP contribution in [0.25, 0.3) is 0 Å². The van der Waals surface area contributed by atoms with Gasteiger partial charge in [-0.05, 0) is 48.9 Å². The number of fused-ring (bicyclic) bond motifs is 5. The summed E-state index contributed by atoms with van der Waals surface area (Å²) >= 11 is 0. The molecule has 0 unspecified atom stereocenters. The molecule has 1 aromatic carbocycles. The average Bonchev–Trinajstić information content (AvgIpc) is 3.34. The van der Waals surface area contributed by atoms with Crippen molar-refractivity contribution in [3.63, 3.8) is 0 Å². The Morgan fingerprint density at radius 3 is 2.81 bits per heavy atom. The standard InChI is InChI=1S/C19H19N3O4/c1-21-14-4-5-15-13(12(14)3-7-18(21)23)10-16-17(26-19(24)22(15)16)6-2-11-8-9-25-20-11/h4-5,8-9,16-17H,2-3,6-7,10H2,1H3/t16-,17-/m0/s1. The summed E-state index contributed by atoms with van der Waals surface area (Å²) in [6.45, 7) is 0. The number of benzene rings is 1. The Morgan fingerprint density at radius 1 is 1.15 bits per heavy atom. The van der Waals surface area contributed by atoms with E-state index in [-0.39, 0.29) is 24.1 Å². The van der Waals surface area contributed by atoms with E-state index < -0.39 is 0 Å². The minimum atomic E-state index is -0.279. The van der Waals surface area contributed by atoms with E-state index in [0.29, 0.717) is 19.3 Å². The molecule has 0 spiro atoms. The molecule has 0 saturated carbocycles. The van der Waals surface area contributed by atoms with Crippen LogP contribution in [-0.2, 0) is 28.8 Å². The molecular formula is C19H19N3O4. The van der Waals surface area contributed by atoms with Gasteiger partial charge in [0, 0.05) is 25.2 Å². The molecule has 2 atom stereocenters. The van der Waals surface area contributed by atoms with Crippen LogP contribution >= 0.6 is 0 Å². The summed E-state index contributed by atoms with van der Waals surface area (Å²) in [7, 11) is 1.82. The highest BCUT2D eigenvalue weighted by atomic mass is 16.6. The maximum Gasteiger partial charge on any atom is 0.415 e. The first-order chi connectivity index (χ1) is 12.6. The molecule has 7 heteroatoms. The first kappa shape index (κ1) is 15.4. The van der Waals surface area contributed by atoms with Crippen molar-refractivity contribution in [1.29, 1.82) is 0 Å². The molecule has 26 heavy (non-hydrogen) atoms. The van der Waals surface area contributed by atoms with Gasteiger partial charge in [-0.3, -0.25) is 9.69 Å². The fourth-order valence-electron chi connectivity index (χ4n) is 4.43. The van der Waals surface area contributed by atoms with E-state index in [1.165, 1.54) is 11.1 Å². The third kappa shape index (κ3) is 2.16. The van der Waals surface area contributed by atoms with Gasteiger partial charge in [-0.25, -0.2) is 4.79 Å². The van der Waals surface area contributed by atoms with E-state index in [2.05, 4.69) is 5.16 Å². The Bertz CT molecular complexity index is 892. The molecule has 1 fully saturated rings. The smallest absolute Gasteiger partial charge is 0.415 e. The SMILES string of the molecule is CN1C(=O)CCc2c1ccc1c2C[C@H]2[C@H](CCc3ccon3)OC(=O)N12. The molecule has 0 bridgehead atoms. The minimum Gasteiger partial charge on any atom is -0.444 e. The number of ether oxygens (including phenoxy) is 1. The predicted molar refractivity (Wildman–Crippen MR) is 93.2 cm³/mol. The van der Waals surface area contributed by atoms with Gasteiger partial charge in [-0.15, -0.1) is 0 Å². The molecule has 1 aromatic heterocycles. The van der Waals surface area contributed by atoms with Gasteiger partial charge in [0.1, 0.15) is 12.4 Å². The summed E-state index contributed by atoms with van der Waals surface area (Å²) in [6, 6.07) is 5.74. The number of hydrogen-bond donors (Lipinski definition) is 0. The summed E-state index contributed by atoms with van der Waals surface area (Å²) in [6.07, 6.45) is 4.57. The summed E-state index contributed by atoms with van der Waals surface area (Å²) in [5, 5.41) is 3.93. The molecule has 5 rings (SSSR count). The van der Waals surface area contributed by atoms with Crippen LogP contribution in [0.1, 0.15) is 29.7 Å². The molecule has 3 aliphatic rings. The van der Waals surface area contributed by atoms with Crippen LogP contribution in [0.2, 0.25) is 0 Å². The second kappa shape index (κ2) is 5.59. The zero-order chi connectivity index (χ0) is 17.8. The lowest BCUT2D eigenvalue weighted by atomic mass is 9.92. The fourth-order valence-corrected chi connectivity index (χ4v) is 4.43. The average molecular weight is 353 g/mol. The third-order valence-electron chi connectivity index (χ3n) is 5.76. The summed E-state index contributed by atoms with van der Waals surface area (Å²) in [5.74, 6) is 0.140. The first-order valence-corrected chi connectivity index (χ1v) is 8.94. The summed E-state index contributed by atoms with van der Waals surface area (Å²) in [4.78, 5) is 28.0. The van der Waals surface area contributed by atoms with Crippen LogP contribution in [0.5, 0.6) is 0 Å². The van der Waals surface area contributed by atoms with Crippen LogP contribution in [-0.4, -0.2) is 36.4 Å². The van der Waals surface area contributed by atoms with E-state index >= 15 is 0 Å². The monoisotopic (exact) mass is 353 g/mol. The Hall–Kier alpha value is -2.83. The minimum absolute atomic E-state index is 0.0128. The van der Waals surface area contributed by atoms with Crippen molar-refractivity contribution in [3.05, 3.63) is 41.3 Å². The number of hydrogen-bond acceptors (Lipinski definition) is 5. The van der Waals surface area contributed by atoms with Crippen molar-refractivity contribution in [3.8, 4) is 0 Å². The number of cyclic esters (lactones) is 1. The molecule has 4 heterocycles. The maximum absolute atomic E-state index is 12.5. The van der Waals surface area contributed by atoms with E-state index in [1.54, 1.807) is 16.1 Å². The van der Waals surface area contributed by atoms with Gasteiger partial charge in [0.15, 0.2) is 0 Å². The summed E-state index contributed by atoms with van der Waals surface area (Å²) < 4.78 is 10.5. The third-order valence-corrected chi connectivity index (χ3v) is 5.76. The van der Waals surface area contributed by atoms with Gasteiger partial charge in [-0.2, -0.15) is 0 Å². The quantitative estimate of drug-likeness (QED) is 0.847. The normalized spacial score (nSPS) is 23.7. The fraction of sp³-hybridized carbons (Fsp3) is 0.421. The Morgan fingerprint density at radius 2 is 2.00 bits per heavy atom. The second-order valence-electron chi connectivity index (χ2n) is 7.11. The van der Waals surface area contributed by atoms with E-state index in [1.807, 2.05) is 25.2 Å². The van der Waals surface area contributed by atoms with Crippen molar-refractivity contribution in [1.82, 2.24) is 5.16 Å². The van der Waals surface area contributed by atoms with Gasteiger partial charge < -0.3 is 14.2 Å². The Balaban J connectivity index is 1.44. The molecular weight excluding hydrogens is 334 g/mol. The molecule has 0 aliphatic carbocycles. The highest BCUT2D eigenvalue weighted by molar-refractivity contribution is 5.99. The number of carbonyl (C=O) groups excluding carboxylic acids is 2. The van der Waals surface area contributed by atoms with Gasteiger partial charge in [0.05, 0.1) is 17.4 Å². The van der Waals surface area contributed by atoms with E-state index in [4.69, 9.17) is 9.26 Å². The number of rotatable bonds is 3. The molecule has 2 aromatic rings. The van der Waals surface area contributed by atoms with Crippen LogP contribution in [0.4, 0.5) is 16.2 Å². The van der Waals surface area contributed by atoms with Crippen molar-refractivity contribution < 1.29 is 18.8 Å². The van der Waals surface area contributed by atoms with Crippen molar-refractivity contribution in [2.75, 3.05) is 16.8 Å². The number of aromatic nitrogens is 1. The van der Waals surface area contributed by atoms with Crippen molar-refractivity contribution >= 4 is 23.4 Å². The van der Waals surface area contributed by atoms with Gasteiger partial charge >= 0.3 is 6.09 Å². The van der Waals surface area contributed by atoms with E-state index in [0.717, 1.165) is 29.9 Å². The molecule has 7 nitrogen and oxygen atoms in total. The molecule has 134 valence electrons. The lowest BCUT2D eigenvalue weighted by molar-refractivity contribution is -0.118. The summed E-state index contributed by atoms with van der Waals surface area (Å²) in [5.41, 5.74) is 5.16. The lowest BCUT2D eigenvalue weighted by Crippen LogP contribution is -2.33. The van der Waals surface area contributed by atoms with Gasteiger partial charge in [0.2, 0.25) is 5.91 Å². The lowest BCUT2D eigenvalue weighted by Gasteiger charge is -2.27. The second-order valence-corrected chi connectivity index (χ2v) is 7.11. The van der Waals surface area contributed by atoms with Crippen LogP contribution < -0.4 is 9.80 Å². The topological polar surface area (TPSA) is 75.9 Å². The highest BCUT2D eigenvalue weighted by Crippen LogP contribution is 2.45. The van der Waals surface area contributed by atoms with Crippen LogP contribution in [0, 0.1) is 0 Å². The van der Waals surface area contributed by atoms with Crippen molar-refractivity contribution in [2.45, 2.75) is 44.2 Å². The van der Waals surface area contributed by atoms with Crippen LogP contribution in [0.15, 0.2) is 29.0 Å². The number of carbonyl (C=O) groups is 2. The zero-order valence-corrected chi connectivity index (χ0v) is 14.5. The Kier molecular flexibility index (Phi) is 3.32. The molecule has 2 amide bonds. The number of amides is 2. The first-order valence-electron chi connectivity index (χ1n) is 8.94. The Labute approximate surface area is 150 Å². The predicted octanol–water partition coefficient (Wildman–Crippen LogP) is 2.47. The van der Waals surface area contributed by atoms with Gasteiger partial charge in [-0.1, -0.05) is 5.16 Å². The molecule has 0 radical (unpaired) electrons. The van der Waals surface area contributed by atoms with Crippen LogP contribution in [0.3, 0.4) is 0 Å². The molecule has 3 aliphatic heterocycles. The number of nitrogens with zero attached hydrogens (tertiary/aromatic N) is 3. The van der Waals surface area contributed by atoms with Gasteiger partial charge in [0.25, 0.3) is 0 Å².